The van der Waals surface area contributed by atoms with Crippen molar-refractivity contribution < 1.29 is 30.2 Å². The van der Waals surface area contributed by atoms with Crippen molar-refractivity contribution in [2.75, 3.05) is 20.6 Å². The number of nitrogens with one attached hydrogen (secondary N) is 1. The van der Waals surface area contributed by atoms with Crippen LogP contribution in [0.4, 0.5) is 0 Å². The highest BCUT2D eigenvalue weighted by molar-refractivity contribution is 7.87. The van der Waals surface area contributed by atoms with E-state index in [-0.39, 0.29) is 18.3 Å². The van der Waals surface area contributed by atoms with E-state index in [1.165, 1.54) is 32.7 Å². The molecule has 0 atom stereocenters. The van der Waals surface area contributed by atoms with Crippen LogP contribution in [0.25, 0.3) is 0 Å². The molecule has 26 heavy (non-hydrogen) atoms. The van der Waals surface area contributed by atoms with Crippen molar-refractivity contribution in [3.05, 3.63) is 52.5 Å². The second-order valence-electron chi connectivity index (χ2n) is 5.51. The predicted octanol–water partition coefficient (Wildman–Crippen LogP) is -1.44. The maximum absolute atomic E-state index is 12.1. The molecule has 2 rings (SSSR count). The van der Waals surface area contributed by atoms with E-state index in [4.69, 9.17) is 23.2 Å². The van der Waals surface area contributed by atoms with Gasteiger partial charge in [-0.25, -0.2) is 4.57 Å². The number of nitrogens with zero attached hydrogens (tertiary/aromatic N) is 3. The first-order chi connectivity index (χ1) is 11.7. The number of carbonyl (C=O) groups excluding carboxylic acids is 1. The number of hydrogen-bond acceptors (Lipinski definition) is 3. The highest BCUT2D eigenvalue weighted by Crippen LogP contribution is 2.20. The summed E-state index contributed by atoms with van der Waals surface area (Å²) in [6.07, 6.45) is 5.27. The lowest BCUT2D eigenvalue weighted by Gasteiger charge is -2.07. The molecule has 1 amide bonds. The molecular formula is C15H19Cl3N4O3S. The van der Waals surface area contributed by atoms with Crippen molar-refractivity contribution in [3.8, 4) is 0 Å². The minimum absolute atomic E-state index is 0. The van der Waals surface area contributed by atoms with Crippen molar-refractivity contribution in [1.82, 2.24) is 13.6 Å². The Morgan fingerprint density at radius 2 is 2.00 bits per heavy atom. The lowest BCUT2D eigenvalue weighted by molar-refractivity contribution is -0.696. The number of hydrogen-bond donors (Lipinski definition) is 1. The van der Waals surface area contributed by atoms with Crippen LogP contribution < -0.4 is 22.3 Å². The third-order valence-corrected chi connectivity index (χ3v) is 5.67. The SMILES string of the molecule is CN(C)S(=O)(=O)n1cc[n+](CCCNC(=O)c2ccc(Cl)cc2Cl)c1.[Cl-]. The molecule has 2 aromatic rings. The Balaban J connectivity index is 0.00000338. The van der Waals surface area contributed by atoms with Gasteiger partial charge in [-0.2, -0.15) is 12.7 Å². The van der Waals surface area contributed by atoms with Crippen LogP contribution in [0.1, 0.15) is 16.8 Å². The molecular weight excluding hydrogens is 423 g/mol. The van der Waals surface area contributed by atoms with Gasteiger partial charge in [-0.3, -0.25) is 4.79 Å². The van der Waals surface area contributed by atoms with Crippen molar-refractivity contribution in [3.63, 3.8) is 0 Å². The topological polar surface area (TPSA) is 75.3 Å². The van der Waals surface area contributed by atoms with Gasteiger partial charge in [0.25, 0.3) is 12.2 Å². The Bertz CT molecular complexity index is 869. The summed E-state index contributed by atoms with van der Waals surface area (Å²) in [6, 6.07) is 4.69. The van der Waals surface area contributed by atoms with E-state index in [2.05, 4.69) is 5.32 Å². The molecule has 0 unspecified atom stereocenters. The molecule has 0 spiro atoms. The molecule has 11 heteroatoms. The van der Waals surface area contributed by atoms with Gasteiger partial charge in [-0.15, -0.1) is 3.97 Å². The van der Waals surface area contributed by atoms with Crippen LogP contribution in [0.3, 0.4) is 0 Å². The Hall–Kier alpha value is -1.32. The Morgan fingerprint density at radius 3 is 2.62 bits per heavy atom. The highest BCUT2D eigenvalue weighted by atomic mass is 35.5. The predicted molar refractivity (Wildman–Crippen MR) is 96.0 cm³/mol. The first-order valence-corrected chi connectivity index (χ1v) is 9.60. The van der Waals surface area contributed by atoms with Gasteiger partial charge < -0.3 is 17.7 Å². The summed E-state index contributed by atoms with van der Waals surface area (Å²) in [5.41, 5.74) is 0.363. The lowest BCUT2D eigenvalue weighted by Crippen LogP contribution is -3.00. The van der Waals surface area contributed by atoms with E-state index < -0.39 is 10.2 Å². The Kier molecular flexibility index (Phi) is 8.36. The van der Waals surface area contributed by atoms with Crippen molar-refractivity contribution in [2.24, 2.45) is 0 Å². The summed E-state index contributed by atoms with van der Waals surface area (Å²) in [5, 5.41) is 3.54. The molecule has 0 aliphatic rings. The van der Waals surface area contributed by atoms with Gasteiger partial charge in [0.15, 0.2) is 0 Å². The summed E-state index contributed by atoms with van der Waals surface area (Å²) >= 11 is 11.8. The van der Waals surface area contributed by atoms with Crippen molar-refractivity contribution in [1.29, 1.82) is 0 Å². The molecule has 0 saturated carbocycles. The molecule has 1 heterocycles. The van der Waals surface area contributed by atoms with Crippen molar-refractivity contribution >= 4 is 39.3 Å². The van der Waals surface area contributed by atoms with Gasteiger partial charge in [0.2, 0.25) is 0 Å². The summed E-state index contributed by atoms with van der Waals surface area (Å²) in [5.74, 6) is -0.278. The van der Waals surface area contributed by atoms with Crippen LogP contribution in [-0.2, 0) is 16.8 Å². The number of aromatic nitrogens is 2. The lowest BCUT2D eigenvalue weighted by atomic mass is 10.2. The van der Waals surface area contributed by atoms with E-state index in [9.17, 15) is 13.2 Å². The van der Waals surface area contributed by atoms with Crippen LogP contribution in [-0.4, -0.2) is 43.2 Å². The molecule has 7 nitrogen and oxygen atoms in total. The number of imidazole rings is 1. The number of halogens is 3. The van der Waals surface area contributed by atoms with Crippen molar-refractivity contribution in [2.45, 2.75) is 13.0 Å². The first kappa shape index (κ1) is 22.7. The smallest absolute Gasteiger partial charge is 0.379 e. The van der Waals surface area contributed by atoms with Gasteiger partial charge >= 0.3 is 10.2 Å². The number of benzene rings is 1. The summed E-state index contributed by atoms with van der Waals surface area (Å²) in [7, 11) is -0.572. The highest BCUT2D eigenvalue weighted by Gasteiger charge is 2.22. The molecule has 0 aliphatic carbocycles. The first-order valence-electron chi connectivity index (χ1n) is 7.45. The van der Waals surface area contributed by atoms with Crippen LogP contribution in [0, 0.1) is 0 Å². The zero-order chi connectivity index (χ0) is 18.6. The number of aryl methyl sites for hydroxylation is 1. The molecule has 0 aliphatic heterocycles. The fourth-order valence-corrected chi connectivity index (χ4v) is 3.38. The van der Waals surface area contributed by atoms with Crippen LogP contribution in [0.15, 0.2) is 36.9 Å². The maximum atomic E-state index is 12.1. The molecule has 0 saturated heterocycles. The molecule has 0 radical (unpaired) electrons. The minimum Gasteiger partial charge on any atom is -1.00 e. The molecule has 144 valence electrons. The summed E-state index contributed by atoms with van der Waals surface area (Å²) in [6.45, 7) is 0.987. The monoisotopic (exact) mass is 440 g/mol. The van der Waals surface area contributed by atoms with E-state index in [1.807, 2.05) is 0 Å². The zero-order valence-corrected chi connectivity index (χ0v) is 17.3. The molecule has 1 aromatic carbocycles. The number of amides is 1. The maximum Gasteiger partial charge on any atom is 0.379 e. The Labute approximate surface area is 169 Å². The normalized spacial score (nSPS) is 11.3. The van der Waals surface area contributed by atoms with Gasteiger partial charge in [0.05, 0.1) is 17.1 Å². The van der Waals surface area contributed by atoms with E-state index in [0.717, 1.165) is 8.28 Å². The van der Waals surface area contributed by atoms with Gasteiger partial charge in [-0.05, 0) is 18.2 Å². The van der Waals surface area contributed by atoms with Gasteiger partial charge in [0, 0.05) is 32.1 Å². The average molecular weight is 442 g/mol. The molecule has 0 fully saturated rings. The third kappa shape index (κ3) is 5.59. The largest absolute Gasteiger partial charge is 1.00 e. The van der Waals surface area contributed by atoms with Gasteiger partial charge in [0.1, 0.15) is 12.4 Å². The fourth-order valence-electron chi connectivity index (χ4n) is 2.06. The van der Waals surface area contributed by atoms with Crippen LogP contribution >= 0.6 is 23.2 Å². The van der Waals surface area contributed by atoms with E-state index in [0.29, 0.717) is 35.1 Å². The van der Waals surface area contributed by atoms with E-state index >= 15 is 0 Å². The van der Waals surface area contributed by atoms with E-state index in [1.54, 1.807) is 22.9 Å². The second kappa shape index (κ2) is 9.57. The Morgan fingerprint density at radius 1 is 1.31 bits per heavy atom. The number of rotatable bonds is 7. The quantitative estimate of drug-likeness (QED) is 0.422. The third-order valence-electron chi connectivity index (χ3n) is 3.45. The molecule has 1 N–H and O–H groups in total. The molecule has 0 bridgehead atoms. The average Bonchev–Trinajstić information content (AvgIpc) is 3.00. The summed E-state index contributed by atoms with van der Waals surface area (Å²) in [4.78, 5) is 12.1. The van der Waals surface area contributed by atoms with Crippen LogP contribution in [0.5, 0.6) is 0 Å². The fraction of sp³-hybridized carbons (Fsp3) is 0.333. The standard InChI is InChI=1S/C15H18Cl2N4O3S.ClH/c1-19(2)25(23,24)21-9-8-20(11-21)7-3-6-18-15(22)13-5-4-12(16)10-14(13)17;/h4-5,8-11H,3,6-7H2,1-2H3;1H. The minimum atomic E-state index is -3.51. The second-order valence-corrected chi connectivity index (χ2v) is 8.40. The van der Waals surface area contributed by atoms with Gasteiger partial charge in [-0.1, -0.05) is 23.2 Å². The van der Waals surface area contributed by atoms with Crippen LogP contribution in [0.2, 0.25) is 10.0 Å². The number of carbonyl (C=O) groups is 1. The zero-order valence-electron chi connectivity index (χ0n) is 14.2. The molecule has 1 aromatic heterocycles. The summed E-state index contributed by atoms with van der Waals surface area (Å²) < 4.78 is 28.0.